The molecular formula is C26H41N5O4Si. The van der Waals surface area contributed by atoms with E-state index in [0.717, 1.165) is 16.9 Å². The second kappa shape index (κ2) is 10.7. The second-order valence-electron chi connectivity index (χ2n) is 11.8. The fourth-order valence-corrected chi connectivity index (χ4v) is 4.98. The first-order valence-corrected chi connectivity index (χ1v) is 15.3. The lowest BCUT2D eigenvalue weighted by molar-refractivity contribution is 0.0197. The Morgan fingerprint density at radius 2 is 1.81 bits per heavy atom. The molecule has 1 aromatic carbocycles. The fourth-order valence-electron chi connectivity index (χ4n) is 3.64. The summed E-state index contributed by atoms with van der Waals surface area (Å²) < 4.78 is 19.5. The Balaban J connectivity index is 1.89. The Morgan fingerprint density at radius 3 is 2.39 bits per heavy atom. The van der Waals surface area contributed by atoms with Crippen molar-refractivity contribution in [2.45, 2.75) is 84.3 Å². The number of methoxy groups -OCH3 is 1. The van der Waals surface area contributed by atoms with E-state index in [-0.39, 0.29) is 17.2 Å². The Bertz CT molecular complexity index is 1070. The lowest BCUT2D eigenvalue weighted by atomic mass is 10.0. The first kappa shape index (κ1) is 27.9. The zero-order chi connectivity index (χ0) is 26.7. The number of amides is 1. The number of nitrogens with zero attached hydrogens (tertiary/aromatic N) is 5. The molecule has 1 amide bonds. The van der Waals surface area contributed by atoms with Gasteiger partial charge in [0, 0.05) is 13.1 Å². The molecule has 1 saturated heterocycles. The van der Waals surface area contributed by atoms with Gasteiger partial charge < -0.3 is 18.8 Å². The van der Waals surface area contributed by atoms with Gasteiger partial charge in [0.2, 0.25) is 0 Å². The number of ether oxygens (including phenoxy) is 2. The highest BCUT2D eigenvalue weighted by atomic mass is 28.4. The van der Waals surface area contributed by atoms with Crippen molar-refractivity contribution >= 4 is 20.5 Å². The Morgan fingerprint density at radius 1 is 1.14 bits per heavy atom. The minimum absolute atomic E-state index is 0.0658. The molecule has 0 saturated carbocycles. The minimum atomic E-state index is -2.05. The van der Waals surface area contributed by atoms with Crippen LogP contribution in [0.4, 0.5) is 4.79 Å². The molecule has 0 radical (unpaired) electrons. The molecule has 2 heterocycles. The van der Waals surface area contributed by atoms with Gasteiger partial charge in [-0.05, 0) is 85.1 Å². The average molecular weight is 516 g/mol. The molecule has 36 heavy (non-hydrogen) atoms. The maximum Gasteiger partial charge on any atom is 0.410 e. The predicted octanol–water partition coefficient (Wildman–Crippen LogP) is 5.14. The molecule has 0 N–H and O–H groups in total. The molecule has 2 aromatic rings. The summed E-state index contributed by atoms with van der Waals surface area (Å²) in [6, 6.07) is 7.82. The molecule has 1 atom stereocenters. The normalized spacial score (nSPS) is 18.4. The monoisotopic (exact) mass is 515 g/mol. The molecule has 0 spiro atoms. The fraction of sp³-hybridized carbons (Fsp3) is 0.615. The van der Waals surface area contributed by atoms with Crippen LogP contribution in [0.25, 0.3) is 6.08 Å². The number of benzene rings is 1. The van der Waals surface area contributed by atoms with Gasteiger partial charge in [-0.2, -0.15) is 0 Å². The van der Waals surface area contributed by atoms with Gasteiger partial charge in [-0.25, -0.2) is 9.48 Å². The van der Waals surface area contributed by atoms with E-state index < -0.39 is 13.9 Å². The van der Waals surface area contributed by atoms with Gasteiger partial charge in [0.15, 0.2) is 14.1 Å². The van der Waals surface area contributed by atoms with Crippen molar-refractivity contribution in [3.05, 3.63) is 41.2 Å². The van der Waals surface area contributed by atoms with Crippen LogP contribution in [-0.2, 0) is 15.7 Å². The van der Waals surface area contributed by atoms with E-state index >= 15 is 0 Å². The Kier molecular flexibility index (Phi) is 8.29. The molecule has 1 fully saturated rings. The Labute approximate surface area is 215 Å². The maximum absolute atomic E-state index is 12.9. The highest BCUT2D eigenvalue weighted by Gasteiger charge is 2.41. The number of rotatable bonds is 6. The molecule has 3 rings (SSSR count). The Hall–Kier alpha value is -2.72. The molecule has 1 aliphatic rings. The number of aromatic nitrogens is 4. The van der Waals surface area contributed by atoms with Crippen LogP contribution in [-0.4, -0.2) is 71.4 Å². The van der Waals surface area contributed by atoms with Crippen LogP contribution < -0.4 is 4.74 Å². The van der Waals surface area contributed by atoms with Crippen LogP contribution in [0.1, 0.15) is 59.4 Å². The molecule has 9 nitrogen and oxygen atoms in total. The molecule has 1 aliphatic heterocycles. The summed E-state index contributed by atoms with van der Waals surface area (Å²) >= 11 is 0. The standard InChI is InChI=1S/C26H41N5O4Si/c1-25(2,3)34-24(32)30-15-14-22(35-36(8,9)26(4,5)6)20(18-30)16-23-27-28-29-31(23)17-19-10-12-21(33-7)13-11-19/h10-13,16,22H,14-15,17-18H2,1-9H3. The van der Waals surface area contributed by atoms with E-state index in [1.165, 1.54) is 0 Å². The first-order valence-electron chi connectivity index (χ1n) is 12.4. The van der Waals surface area contributed by atoms with Crippen molar-refractivity contribution in [1.82, 2.24) is 25.1 Å². The highest BCUT2D eigenvalue weighted by molar-refractivity contribution is 6.74. The number of piperidine rings is 1. The number of carbonyl (C=O) groups is 1. The van der Waals surface area contributed by atoms with Gasteiger partial charge in [-0.3, -0.25) is 0 Å². The zero-order valence-electron chi connectivity index (χ0n) is 23.2. The number of hydrogen-bond donors (Lipinski definition) is 0. The number of likely N-dealkylation sites (tertiary alicyclic amines) is 1. The molecule has 10 heteroatoms. The summed E-state index contributed by atoms with van der Waals surface area (Å²) in [7, 11) is -0.406. The van der Waals surface area contributed by atoms with Crippen LogP contribution in [0.2, 0.25) is 18.1 Å². The largest absolute Gasteiger partial charge is 0.497 e. The van der Waals surface area contributed by atoms with Crippen LogP contribution in [0, 0.1) is 0 Å². The van der Waals surface area contributed by atoms with Crippen LogP contribution in [0.3, 0.4) is 0 Å². The van der Waals surface area contributed by atoms with Crippen molar-refractivity contribution in [3.8, 4) is 5.75 Å². The van der Waals surface area contributed by atoms with E-state index in [1.54, 1.807) is 16.7 Å². The van der Waals surface area contributed by atoms with Crippen molar-refractivity contribution in [1.29, 1.82) is 0 Å². The summed E-state index contributed by atoms with van der Waals surface area (Å²) in [5, 5.41) is 12.5. The first-order chi connectivity index (χ1) is 16.7. The summed E-state index contributed by atoms with van der Waals surface area (Å²) in [6.07, 6.45) is 2.22. The summed E-state index contributed by atoms with van der Waals surface area (Å²) in [5.41, 5.74) is 1.47. The average Bonchev–Trinajstić information content (AvgIpc) is 3.19. The third kappa shape index (κ3) is 7.16. The molecule has 198 valence electrons. The van der Waals surface area contributed by atoms with Crippen molar-refractivity contribution in [2.75, 3.05) is 20.2 Å². The molecule has 0 bridgehead atoms. The van der Waals surface area contributed by atoms with Crippen LogP contribution in [0.5, 0.6) is 5.75 Å². The van der Waals surface area contributed by atoms with Gasteiger partial charge in [-0.15, -0.1) is 5.10 Å². The van der Waals surface area contributed by atoms with Crippen LogP contribution >= 0.6 is 0 Å². The second-order valence-corrected chi connectivity index (χ2v) is 16.6. The molecule has 1 aromatic heterocycles. The van der Waals surface area contributed by atoms with E-state index in [9.17, 15) is 4.79 Å². The van der Waals surface area contributed by atoms with Gasteiger partial charge in [0.25, 0.3) is 0 Å². The topological polar surface area (TPSA) is 91.6 Å². The highest BCUT2D eigenvalue weighted by Crippen LogP contribution is 2.39. The number of hydrogen-bond acceptors (Lipinski definition) is 7. The van der Waals surface area contributed by atoms with Crippen molar-refractivity contribution in [2.24, 2.45) is 0 Å². The lowest BCUT2D eigenvalue weighted by Gasteiger charge is -2.43. The zero-order valence-corrected chi connectivity index (χ0v) is 24.2. The van der Waals surface area contributed by atoms with Crippen molar-refractivity contribution in [3.63, 3.8) is 0 Å². The van der Waals surface area contributed by atoms with Crippen molar-refractivity contribution < 1.29 is 18.7 Å². The van der Waals surface area contributed by atoms with E-state index in [2.05, 4.69) is 49.4 Å². The molecular weight excluding hydrogens is 474 g/mol. The van der Waals surface area contributed by atoms with Gasteiger partial charge in [0.05, 0.1) is 19.8 Å². The van der Waals surface area contributed by atoms with E-state index in [4.69, 9.17) is 13.9 Å². The summed E-state index contributed by atoms with van der Waals surface area (Å²) in [6.45, 7) is 18.3. The minimum Gasteiger partial charge on any atom is -0.497 e. The quantitative estimate of drug-likeness (QED) is 0.492. The lowest BCUT2D eigenvalue weighted by Crippen LogP contribution is -2.50. The van der Waals surface area contributed by atoms with E-state index in [1.807, 2.05) is 51.1 Å². The van der Waals surface area contributed by atoms with Gasteiger partial charge >= 0.3 is 6.09 Å². The molecule has 1 unspecified atom stereocenters. The summed E-state index contributed by atoms with van der Waals surface area (Å²) in [4.78, 5) is 14.6. The van der Waals surface area contributed by atoms with Gasteiger partial charge in [-0.1, -0.05) is 32.9 Å². The SMILES string of the molecule is COc1ccc(Cn2nnnc2C=C2CN(C(=O)OC(C)(C)C)CCC2O[Si](C)(C)C(C)(C)C)cc1. The van der Waals surface area contributed by atoms with Gasteiger partial charge in [0.1, 0.15) is 11.4 Å². The number of carbonyl (C=O) groups excluding carboxylic acids is 1. The third-order valence-electron chi connectivity index (χ3n) is 6.71. The molecule has 0 aliphatic carbocycles. The summed E-state index contributed by atoms with van der Waals surface area (Å²) in [5.74, 6) is 1.42. The smallest absolute Gasteiger partial charge is 0.410 e. The predicted molar refractivity (Wildman–Crippen MR) is 142 cm³/mol. The number of tetrazole rings is 1. The van der Waals surface area contributed by atoms with E-state index in [0.29, 0.717) is 31.9 Å². The maximum atomic E-state index is 12.9. The van der Waals surface area contributed by atoms with Crippen LogP contribution in [0.15, 0.2) is 29.8 Å². The third-order valence-corrected chi connectivity index (χ3v) is 11.2.